The number of aliphatic hydroxyl groups is 1. The van der Waals surface area contributed by atoms with Gasteiger partial charge in [-0.1, -0.05) is 18.9 Å². The lowest BCUT2D eigenvalue weighted by molar-refractivity contribution is -0.206. The van der Waals surface area contributed by atoms with Gasteiger partial charge in [-0.05, 0) is 55.4 Å². The largest absolute Gasteiger partial charge is 0.392 e. The fourth-order valence-electron chi connectivity index (χ4n) is 3.29. The molecule has 3 atom stereocenters. The molecule has 0 heterocycles. The molecule has 1 aliphatic rings. The Morgan fingerprint density at radius 1 is 1.24 bits per heavy atom. The maximum absolute atomic E-state index is 13.1. The van der Waals surface area contributed by atoms with Gasteiger partial charge in [-0.25, -0.2) is 4.39 Å². The van der Waals surface area contributed by atoms with Gasteiger partial charge in [0.1, 0.15) is 5.82 Å². The summed E-state index contributed by atoms with van der Waals surface area (Å²) in [4.78, 5) is 0. The lowest BCUT2D eigenvalue weighted by Crippen LogP contribution is -2.40. The molecule has 3 unspecified atom stereocenters. The van der Waals surface area contributed by atoms with Crippen molar-refractivity contribution >= 4 is 0 Å². The second kappa shape index (κ2) is 6.34. The molecular weight excluding hydrogens is 284 g/mol. The molecule has 1 nitrogen and oxygen atoms in total. The Bertz CT molecular complexity index is 484. The summed E-state index contributed by atoms with van der Waals surface area (Å²) in [7, 11) is 0. The van der Waals surface area contributed by atoms with E-state index in [1.807, 2.05) is 0 Å². The van der Waals surface area contributed by atoms with Crippen LogP contribution in [-0.4, -0.2) is 17.4 Å². The van der Waals surface area contributed by atoms with Gasteiger partial charge in [0.15, 0.2) is 0 Å². The number of hydrogen-bond acceptors (Lipinski definition) is 1. The van der Waals surface area contributed by atoms with Gasteiger partial charge in [-0.3, -0.25) is 0 Å². The van der Waals surface area contributed by atoms with Crippen LogP contribution in [0.4, 0.5) is 17.6 Å². The number of rotatable bonds is 3. The van der Waals surface area contributed by atoms with Crippen molar-refractivity contribution in [2.45, 2.75) is 51.3 Å². The Morgan fingerprint density at radius 3 is 2.52 bits per heavy atom. The molecule has 1 fully saturated rings. The van der Waals surface area contributed by atoms with E-state index in [-0.39, 0.29) is 18.7 Å². The summed E-state index contributed by atoms with van der Waals surface area (Å²) in [6, 6.07) is 4.15. The monoisotopic (exact) mass is 304 g/mol. The average molecular weight is 304 g/mol. The van der Waals surface area contributed by atoms with Crippen molar-refractivity contribution < 1.29 is 22.7 Å². The van der Waals surface area contributed by atoms with Crippen molar-refractivity contribution in [1.29, 1.82) is 0 Å². The Kier molecular flexibility index (Phi) is 4.91. The Labute approximate surface area is 122 Å². The van der Waals surface area contributed by atoms with Crippen molar-refractivity contribution in [1.82, 2.24) is 0 Å². The van der Waals surface area contributed by atoms with Gasteiger partial charge in [0.2, 0.25) is 0 Å². The molecule has 1 aromatic rings. The predicted molar refractivity (Wildman–Crippen MR) is 72.4 cm³/mol. The van der Waals surface area contributed by atoms with Crippen LogP contribution in [0.5, 0.6) is 0 Å². The number of aliphatic hydroxyl groups excluding tert-OH is 1. The number of alkyl halides is 3. The molecule has 1 N–H and O–H groups in total. The van der Waals surface area contributed by atoms with Gasteiger partial charge in [0.25, 0.3) is 0 Å². The first kappa shape index (κ1) is 16.3. The fraction of sp³-hybridized carbons (Fsp3) is 0.625. The number of benzene rings is 1. The van der Waals surface area contributed by atoms with E-state index in [0.29, 0.717) is 24.0 Å². The summed E-state index contributed by atoms with van der Waals surface area (Å²) < 4.78 is 52.2. The molecule has 0 radical (unpaired) electrons. The first-order valence-electron chi connectivity index (χ1n) is 7.29. The van der Waals surface area contributed by atoms with E-state index in [1.54, 1.807) is 13.0 Å². The molecule has 5 heteroatoms. The van der Waals surface area contributed by atoms with Gasteiger partial charge in [0, 0.05) is 0 Å². The standard InChI is InChI=1S/C16H20F4O/c1-10-8-12(17)7-6-11(10)9-15(21)13-4-2-3-5-14(13)16(18,19)20/h6-8,13-15,21H,2-5,9H2,1H3. The smallest absolute Gasteiger partial charge is 0.392 e. The predicted octanol–water partition coefficient (Wildman–Crippen LogP) is 4.41. The van der Waals surface area contributed by atoms with Crippen molar-refractivity contribution in [3.8, 4) is 0 Å². The maximum atomic E-state index is 13.1. The Morgan fingerprint density at radius 2 is 1.90 bits per heavy atom. The summed E-state index contributed by atoms with van der Waals surface area (Å²) in [5.74, 6) is -2.57. The highest BCUT2D eigenvalue weighted by Crippen LogP contribution is 2.43. The molecule has 1 aromatic carbocycles. The van der Waals surface area contributed by atoms with Crippen LogP contribution in [-0.2, 0) is 6.42 Å². The molecule has 1 aliphatic carbocycles. The Hall–Kier alpha value is -1.10. The third kappa shape index (κ3) is 3.96. The van der Waals surface area contributed by atoms with Crippen LogP contribution < -0.4 is 0 Å². The van der Waals surface area contributed by atoms with Crippen molar-refractivity contribution in [3.05, 3.63) is 35.1 Å². The molecule has 1 saturated carbocycles. The van der Waals surface area contributed by atoms with Crippen LogP contribution >= 0.6 is 0 Å². The van der Waals surface area contributed by atoms with Crippen LogP contribution in [0.25, 0.3) is 0 Å². The third-order valence-corrected chi connectivity index (χ3v) is 4.47. The SMILES string of the molecule is Cc1cc(F)ccc1CC(O)C1CCCCC1C(F)(F)F. The number of halogens is 4. The van der Waals surface area contributed by atoms with E-state index in [2.05, 4.69) is 0 Å². The zero-order valence-electron chi connectivity index (χ0n) is 12.0. The summed E-state index contributed by atoms with van der Waals surface area (Å²) in [6.45, 7) is 1.70. The normalized spacial score (nSPS) is 24.9. The van der Waals surface area contributed by atoms with Crippen LogP contribution in [0.1, 0.15) is 36.8 Å². The van der Waals surface area contributed by atoms with Crippen molar-refractivity contribution in [2.75, 3.05) is 0 Å². The van der Waals surface area contributed by atoms with Gasteiger partial charge in [-0.15, -0.1) is 0 Å². The molecule has 0 spiro atoms. The third-order valence-electron chi connectivity index (χ3n) is 4.47. The van der Waals surface area contributed by atoms with E-state index in [9.17, 15) is 22.7 Å². The minimum Gasteiger partial charge on any atom is -0.392 e. The lowest BCUT2D eigenvalue weighted by atomic mass is 9.74. The first-order chi connectivity index (χ1) is 9.79. The summed E-state index contributed by atoms with van der Waals surface area (Å²) in [5, 5.41) is 10.3. The van der Waals surface area contributed by atoms with Gasteiger partial charge >= 0.3 is 6.18 Å². The van der Waals surface area contributed by atoms with Crippen molar-refractivity contribution in [2.24, 2.45) is 11.8 Å². The average Bonchev–Trinajstić information content (AvgIpc) is 2.41. The highest BCUT2D eigenvalue weighted by Gasteiger charge is 2.47. The molecular formula is C16H20F4O. The highest BCUT2D eigenvalue weighted by molar-refractivity contribution is 5.27. The van der Waals surface area contributed by atoms with E-state index in [0.717, 1.165) is 6.42 Å². The number of aryl methyl sites for hydroxylation is 1. The summed E-state index contributed by atoms with van der Waals surface area (Å²) in [6.07, 6.45) is -3.40. The number of hydrogen-bond donors (Lipinski definition) is 1. The minimum atomic E-state index is -4.26. The van der Waals surface area contributed by atoms with E-state index in [1.165, 1.54) is 12.1 Å². The lowest BCUT2D eigenvalue weighted by Gasteiger charge is -2.36. The maximum Gasteiger partial charge on any atom is 0.392 e. The molecule has 21 heavy (non-hydrogen) atoms. The van der Waals surface area contributed by atoms with Crippen LogP contribution in [0.15, 0.2) is 18.2 Å². The molecule has 2 rings (SSSR count). The summed E-state index contributed by atoms with van der Waals surface area (Å²) in [5.41, 5.74) is 1.36. The minimum absolute atomic E-state index is 0.0909. The molecule has 118 valence electrons. The van der Waals surface area contributed by atoms with Gasteiger partial charge < -0.3 is 5.11 Å². The summed E-state index contributed by atoms with van der Waals surface area (Å²) >= 11 is 0. The van der Waals surface area contributed by atoms with Crippen LogP contribution in [0.3, 0.4) is 0 Å². The molecule has 0 aromatic heterocycles. The zero-order valence-corrected chi connectivity index (χ0v) is 12.0. The zero-order chi connectivity index (χ0) is 15.6. The topological polar surface area (TPSA) is 20.2 Å². The van der Waals surface area contributed by atoms with Gasteiger partial charge in [-0.2, -0.15) is 13.2 Å². The molecule has 0 bridgehead atoms. The van der Waals surface area contributed by atoms with Crippen LogP contribution in [0, 0.1) is 24.6 Å². The van der Waals surface area contributed by atoms with E-state index >= 15 is 0 Å². The molecule has 0 saturated heterocycles. The quantitative estimate of drug-likeness (QED) is 0.820. The fourth-order valence-corrected chi connectivity index (χ4v) is 3.29. The molecule has 0 aliphatic heterocycles. The molecule has 0 amide bonds. The van der Waals surface area contributed by atoms with Crippen molar-refractivity contribution in [3.63, 3.8) is 0 Å². The van der Waals surface area contributed by atoms with E-state index in [4.69, 9.17) is 0 Å². The second-order valence-electron chi connectivity index (χ2n) is 5.94. The second-order valence-corrected chi connectivity index (χ2v) is 5.94. The highest BCUT2D eigenvalue weighted by atomic mass is 19.4. The van der Waals surface area contributed by atoms with Gasteiger partial charge in [0.05, 0.1) is 12.0 Å². The Balaban J connectivity index is 2.12. The van der Waals surface area contributed by atoms with E-state index < -0.39 is 24.1 Å². The van der Waals surface area contributed by atoms with Crippen LogP contribution in [0.2, 0.25) is 0 Å². The first-order valence-corrected chi connectivity index (χ1v) is 7.29.